The third-order valence-corrected chi connectivity index (χ3v) is 3.03. The summed E-state index contributed by atoms with van der Waals surface area (Å²) in [6.45, 7) is 0.651. The van der Waals surface area contributed by atoms with Crippen molar-refractivity contribution in [1.29, 1.82) is 0 Å². The fourth-order valence-corrected chi connectivity index (χ4v) is 1.83. The zero-order chi connectivity index (χ0) is 13.7. The van der Waals surface area contributed by atoms with Crippen molar-refractivity contribution in [2.75, 3.05) is 19.0 Å². The van der Waals surface area contributed by atoms with Crippen LogP contribution in [0.5, 0.6) is 5.75 Å². The molecule has 19 heavy (non-hydrogen) atoms. The Bertz CT molecular complexity index is 613. The normalized spacial score (nSPS) is 10.2. The van der Waals surface area contributed by atoms with E-state index < -0.39 is 5.56 Å². The molecule has 0 radical (unpaired) electrons. The van der Waals surface area contributed by atoms with E-state index in [1.807, 2.05) is 24.3 Å². The van der Waals surface area contributed by atoms with Crippen LogP contribution in [0.4, 0.5) is 5.69 Å². The predicted molar refractivity (Wildman–Crippen MR) is 75.1 cm³/mol. The number of aromatic nitrogens is 2. The second kappa shape index (κ2) is 6.24. The molecule has 0 unspecified atom stereocenters. The first kappa shape index (κ1) is 13.4. The lowest BCUT2D eigenvalue weighted by atomic mass is 10.1. The van der Waals surface area contributed by atoms with Gasteiger partial charge in [-0.1, -0.05) is 23.7 Å². The summed E-state index contributed by atoms with van der Waals surface area (Å²) < 4.78 is 5.16. The summed E-state index contributed by atoms with van der Waals surface area (Å²) in [6.07, 6.45) is 2.29. The fraction of sp³-hybridized carbons (Fsp3) is 0.231. The summed E-state index contributed by atoms with van der Waals surface area (Å²) in [6, 6.07) is 7.82. The van der Waals surface area contributed by atoms with E-state index in [0.29, 0.717) is 12.2 Å². The van der Waals surface area contributed by atoms with Crippen LogP contribution in [0, 0.1) is 0 Å². The monoisotopic (exact) mass is 279 g/mol. The molecular weight excluding hydrogens is 266 g/mol. The molecule has 0 bridgehead atoms. The predicted octanol–water partition coefficient (Wildman–Crippen LogP) is 2.09. The Balaban J connectivity index is 1.96. The van der Waals surface area contributed by atoms with Gasteiger partial charge in [0.15, 0.2) is 0 Å². The van der Waals surface area contributed by atoms with Gasteiger partial charge in [-0.2, -0.15) is 5.10 Å². The largest absolute Gasteiger partial charge is 0.497 e. The van der Waals surface area contributed by atoms with Gasteiger partial charge in [-0.25, -0.2) is 5.10 Å². The molecule has 0 aliphatic carbocycles. The second-order valence-corrected chi connectivity index (χ2v) is 4.33. The van der Waals surface area contributed by atoms with E-state index in [1.165, 1.54) is 6.20 Å². The molecule has 1 aromatic carbocycles. The summed E-state index contributed by atoms with van der Waals surface area (Å²) in [5, 5.41) is 9.17. The van der Waals surface area contributed by atoms with E-state index in [2.05, 4.69) is 15.5 Å². The molecule has 100 valence electrons. The number of halogens is 1. The van der Waals surface area contributed by atoms with Crippen molar-refractivity contribution in [1.82, 2.24) is 10.2 Å². The standard InChI is InChI=1S/C13H14ClN3O2/c1-19-10-4-2-3-9(7-10)5-6-15-11-8-16-17-13(18)12(11)14/h2-4,7-8H,5-6H2,1H3,(H2,15,17,18). The molecule has 2 rings (SSSR count). The topological polar surface area (TPSA) is 67.0 Å². The fourth-order valence-electron chi connectivity index (χ4n) is 1.68. The van der Waals surface area contributed by atoms with Gasteiger partial charge in [0.25, 0.3) is 5.56 Å². The van der Waals surface area contributed by atoms with E-state index in [-0.39, 0.29) is 5.02 Å². The van der Waals surface area contributed by atoms with Gasteiger partial charge in [0.2, 0.25) is 0 Å². The summed E-state index contributed by atoms with van der Waals surface area (Å²) in [5.74, 6) is 0.827. The van der Waals surface area contributed by atoms with Crippen LogP contribution < -0.4 is 15.6 Å². The molecule has 5 nitrogen and oxygen atoms in total. The highest BCUT2D eigenvalue weighted by atomic mass is 35.5. The molecule has 0 fully saturated rings. The number of nitrogens with zero attached hydrogens (tertiary/aromatic N) is 1. The Morgan fingerprint density at radius 2 is 2.32 bits per heavy atom. The first-order valence-corrected chi connectivity index (χ1v) is 6.18. The maximum atomic E-state index is 11.2. The smallest absolute Gasteiger partial charge is 0.285 e. The number of hydrogen-bond acceptors (Lipinski definition) is 4. The Hall–Kier alpha value is -2.01. The molecule has 0 atom stereocenters. The van der Waals surface area contributed by atoms with Gasteiger partial charge in [0.1, 0.15) is 10.8 Å². The van der Waals surface area contributed by atoms with E-state index in [0.717, 1.165) is 17.7 Å². The quantitative estimate of drug-likeness (QED) is 0.879. The van der Waals surface area contributed by atoms with E-state index in [9.17, 15) is 4.79 Å². The minimum absolute atomic E-state index is 0.126. The van der Waals surface area contributed by atoms with Crippen molar-refractivity contribution in [3.63, 3.8) is 0 Å². The second-order valence-electron chi connectivity index (χ2n) is 3.96. The van der Waals surface area contributed by atoms with Crippen molar-refractivity contribution in [2.45, 2.75) is 6.42 Å². The number of anilines is 1. The SMILES string of the molecule is COc1cccc(CCNc2cn[nH]c(=O)c2Cl)c1. The minimum atomic E-state index is -0.395. The Labute approximate surface area is 115 Å². The number of aromatic amines is 1. The zero-order valence-corrected chi connectivity index (χ0v) is 11.2. The Morgan fingerprint density at radius 1 is 1.47 bits per heavy atom. The van der Waals surface area contributed by atoms with Crippen LogP contribution >= 0.6 is 11.6 Å². The molecule has 0 aliphatic rings. The molecular formula is C13H14ClN3O2. The average Bonchev–Trinajstić information content (AvgIpc) is 2.44. The average molecular weight is 280 g/mol. The first-order chi connectivity index (χ1) is 9.20. The lowest BCUT2D eigenvalue weighted by Crippen LogP contribution is -2.13. The van der Waals surface area contributed by atoms with Crippen LogP contribution in [0.15, 0.2) is 35.3 Å². The highest BCUT2D eigenvalue weighted by Crippen LogP contribution is 2.16. The van der Waals surface area contributed by atoms with Gasteiger partial charge in [-0.3, -0.25) is 4.79 Å². The summed E-state index contributed by atoms with van der Waals surface area (Å²) >= 11 is 5.86. The lowest BCUT2D eigenvalue weighted by Gasteiger charge is -2.08. The van der Waals surface area contributed by atoms with Gasteiger partial charge in [-0.15, -0.1) is 0 Å². The number of methoxy groups -OCH3 is 1. The number of H-pyrrole nitrogens is 1. The maximum absolute atomic E-state index is 11.2. The van der Waals surface area contributed by atoms with E-state index in [4.69, 9.17) is 16.3 Å². The van der Waals surface area contributed by atoms with Gasteiger partial charge in [0, 0.05) is 6.54 Å². The molecule has 1 heterocycles. The van der Waals surface area contributed by atoms with E-state index in [1.54, 1.807) is 7.11 Å². The van der Waals surface area contributed by atoms with Crippen LogP contribution in [0.25, 0.3) is 0 Å². The Morgan fingerprint density at radius 3 is 3.11 bits per heavy atom. The van der Waals surface area contributed by atoms with Gasteiger partial charge < -0.3 is 10.1 Å². The third kappa shape index (κ3) is 3.48. The number of hydrogen-bond donors (Lipinski definition) is 2. The number of rotatable bonds is 5. The molecule has 1 aromatic heterocycles. The minimum Gasteiger partial charge on any atom is -0.497 e. The van der Waals surface area contributed by atoms with Crippen LogP contribution in [0.3, 0.4) is 0 Å². The molecule has 0 amide bonds. The van der Waals surface area contributed by atoms with Crippen molar-refractivity contribution < 1.29 is 4.74 Å². The van der Waals surface area contributed by atoms with Crippen molar-refractivity contribution in [3.05, 3.63) is 51.4 Å². The van der Waals surface area contributed by atoms with Gasteiger partial charge in [0.05, 0.1) is 19.0 Å². The molecule has 0 spiro atoms. The lowest BCUT2D eigenvalue weighted by molar-refractivity contribution is 0.414. The molecule has 6 heteroatoms. The zero-order valence-electron chi connectivity index (χ0n) is 10.4. The molecule has 2 N–H and O–H groups in total. The molecule has 0 aliphatic heterocycles. The highest BCUT2D eigenvalue weighted by molar-refractivity contribution is 6.32. The third-order valence-electron chi connectivity index (χ3n) is 2.66. The molecule has 2 aromatic rings. The highest BCUT2D eigenvalue weighted by Gasteiger charge is 2.04. The van der Waals surface area contributed by atoms with Gasteiger partial charge >= 0.3 is 0 Å². The van der Waals surface area contributed by atoms with Crippen molar-refractivity contribution in [2.24, 2.45) is 0 Å². The molecule has 0 saturated heterocycles. The maximum Gasteiger partial charge on any atom is 0.285 e. The summed E-state index contributed by atoms with van der Waals surface area (Å²) in [7, 11) is 1.64. The van der Waals surface area contributed by atoms with Crippen LogP contribution in [0.1, 0.15) is 5.56 Å². The Kier molecular flexibility index (Phi) is 4.41. The molecule has 0 saturated carbocycles. The van der Waals surface area contributed by atoms with Crippen LogP contribution in [-0.2, 0) is 6.42 Å². The van der Waals surface area contributed by atoms with E-state index >= 15 is 0 Å². The summed E-state index contributed by atoms with van der Waals surface area (Å²) in [5.41, 5.74) is 1.28. The number of benzene rings is 1. The summed E-state index contributed by atoms with van der Waals surface area (Å²) in [4.78, 5) is 11.2. The number of nitrogens with one attached hydrogen (secondary N) is 2. The van der Waals surface area contributed by atoms with Crippen molar-refractivity contribution in [3.8, 4) is 5.75 Å². The van der Waals surface area contributed by atoms with Crippen molar-refractivity contribution >= 4 is 17.3 Å². The van der Waals surface area contributed by atoms with Crippen LogP contribution in [-0.4, -0.2) is 23.9 Å². The van der Waals surface area contributed by atoms with Gasteiger partial charge in [-0.05, 0) is 24.1 Å². The van der Waals surface area contributed by atoms with Crippen LogP contribution in [0.2, 0.25) is 5.02 Å². The number of ether oxygens (including phenoxy) is 1. The first-order valence-electron chi connectivity index (χ1n) is 5.80.